The number of halogens is 1. The summed E-state index contributed by atoms with van der Waals surface area (Å²) in [4.78, 5) is 12.3. The molecule has 0 spiro atoms. The van der Waals surface area contributed by atoms with Crippen molar-refractivity contribution < 1.29 is 0 Å². The largest absolute Gasteiger partial charge is 0.380 e. The maximum absolute atomic E-state index is 12.3. The highest BCUT2D eigenvalue weighted by atomic mass is 79.9. The highest BCUT2D eigenvalue weighted by Crippen LogP contribution is 2.32. The second-order valence-corrected chi connectivity index (χ2v) is 7.74. The van der Waals surface area contributed by atoms with Gasteiger partial charge in [0.15, 0.2) is 0 Å². The van der Waals surface area contributed by atoms with Crippen LogP contribution in [-0.2, 0) is 6.54 Å². The third-order valence-corrected chi connectivity index (χ3v) is 5.65. The summed E-state index contributed by atoms with van der Waals surface area (Å²) >= 11 is 3.46. The zero-order valence-electron chi connectivity index (χ0n) is 12.8. The third kappa shape index (κ3) is 3.50. The molecule has 1 aromatic heterocycles. The van der Waals surface area contributed by atoms with Gasteiger partial charge in [-0.05, 0) is 65.8 Å². The van der Waals surface area contributed by atoms with Crippen molar-refractivity contribution in [3.8, 4) is 0 Å². The minimum absolute atomic E-state index is 0.0104. The van der Waals surface area contributed by atoms with Crippen molar-refractivity contribution in [2.24, 2.45) is 17.8 Å². The number of anilines is 1. The van der Waals surface area contributed by atoms with E-state index in [1.54, 1.807) is 10.9 Å². The Labute approximate surface area is 134 Å². The Bertz CT molecular complexity index is 567. The van der Waals surface area contributed by atoms with Crippen LogP contribution in [0.2, 0.25) is 0 Å². The summed E-state index contributed by atoms with van der Waals surface area (Å²) < 4.78 is 2.23. The Morgan fingerprint density at radius 2 is 2.10 bits per heavy atom. The first-order chi connectivity index (χ1) is 10.0. The van der Waals surface area contributed by atoms with Gasteiger partial charge in [0, 0.05) is 12.6 Å². The summed E-state index contributed by atoms with van der Waals surface area (Å²) in [7, 11) is 0. The predicted octanol–water partition coefficient (Wildman–Crippen LogP) is 3.65. The second kappa shape index (κ2) is 6.11. The van der Waals surface area contributed by atoms with Crippen molar-refractivity contribution in [2.45, 2.75) is 58.5 Å². The van der Waals surface area contributed by atoms with Gasteiger partial charge in [0.2, 0.25) is 0 Å². The Kier molecular flexibility index (Phi) is 4.38. The zero-order valence-corrected chi connectivity index (χ0v) is 14.4. The number of nitrogens with zero attached hydrogens (tertiary/aromatic N) is 2. The summed E-state index contributed by atoms with van der Waals surface area (Å²) in [6.07, 6.45) is 7.93. The van der Waals surface area contributed by atoms with E-state index in [1.807, 2.05) is 0 Å². The molecule has 4 nitrogen and oxygen atoms in total. The molecule has 3 rings (SSSR count). The number of nitrogens with one attached hydrogen (secondary N) is 1. The fourth-order valence-electron chi connectivity index (χ4n) is 3.32. The van der Waals surface area contributed by atoms with E-state index in [-0.39, 0.29) is 5.56 Å². The lowest BCUT2D eigenvalue weighted by Gasteiger charge is -2.33. The van der Waals surface area contributed by atoms with Gasteiger partial charge in [-0.15, -0.1) is 0 Å². The van der Waals surface area contributed by atoms with Crippen LogP contribution in [0.4, 0.5) is 5.69 Å². The molecule has 1 N–H and O–H groups in total. The average molecular weight is 354 g/mol. The van der Waals surface area contributed by atoms with Gasteiger partial charge in [-0.25, -0.2) is 4.68 Å². The van der Waals surface area contributed by atoms with Crippen LogP contribution in [0, 0.1) is 17.8 Å². The van der Waals surface area contributed by atoms with Crippen LogP contribution < -0.4 is 10.9 Å². The second-order valence-electron chi connectivity index (χ2n) is 6.95. The zero-order chi connectivity index (χ0) is 15.0. The van der Waals surface area contributed by atoms with Gasteiger partial charge < -0.3 is 5.32 Å². The molecule has 2 fully saturated rings. The van der Waals surface area contributed by atoms with Crippen LogP contribution in [-0.4, -0.2) is 15.8 Å². The molecular weight excluding hydrogens is 330 g/mol. The molecule has 1 heterocycles. The van der Waals surface area contributed by atoms with Crippen molar-refractivity contribution in [3.05, 3.63) is 21.0 Å². The minimum Gasteiger partial charge on any atom is -0.380 e. The van der Waals surface area contributed by atoms with E-state index < -0.39 is 0 Å². The molecule has 2 aliphatic rings. The maximum Gasteiger partial charge on any atom is 0.283 e. The van der Waals surface area contributed by atoms with Gasteiger partial charge in [-0.2, -0.15) is 5.10 Å². The SMILES string of the molecule is CC1CCC(Nc2cnn(CC3CC3)c(=O)c2Br)C(C)C1. The maximum atomic E-state index is 12.3. The highest BCUT2D eigenvalue weighted by Gasteiger charge is 2.27. The van der Waals surface area contributed by atoms with Gasteiger partial charge >= 0.3 is 0 Å². The Balaban J connectivity index is 1.73. The number of rotatable bonds is 4. The monoisotopic (exact) mass is 353 g/mol. The first kappa shape index (κ1) is 15.1. The van der Waals surface area contributed by atoms with E-state index >= 15 is 0 Å². The lowest BCUT2D eigenvalue weighted by Crippen LogP contribution is -2.34. The molecule has 0 aliphatic heterocycles. The van der Waals surface area contributed by atoms with Gasteiger partial charge in [0.05, 0.1) is 11.9 Å². The number of hydrogen-bond donors (Lipinski definition) is 1. The molecule has 5 heteroatoms. The normalized spacial score (nSPS) is 29.4. The first-order valence-corrected chi connectivity index (χ1v) is 8.86. The molecular formula is C16H24BrN3O. The van der Waals surface area contributed by atoms with E-state index in [2.05, 4.69) is 40.2 Å². The van der Waals surface area contributed by atoms with E-state index in [1.165, 1.54) is 32.1 Å². The van der Waals surface area contributed by atoms with Crippen LogP contribution in [0.25, 0.3) is 0 Å². The molecule has 0 radical (unpaired) electrons. The summed E-state index contributed by atoms with van der Waals surface area (Å²) in [5, 5.41) is 7.87. The van der Waals surface area contributed by atoms with Crippen LogP contribution >= 0.6 is 15.9 Å². The standard InChI is InChI=1S/C16H24BrN3O/c1-10-3-6-13(11(2)7-10)19-14-8-18-20(9-12-4-5-12)16(21)15(14)17/h8,10-13,19H,3-7,9H2,1-2H3. The lowest BCUT2D eigenvalue weighted by molar-refractivity contribution is 0.276. The third-order valence-electron chi connectivity index (χ3n) is 4.89. The van der Waals surface area contributed by atoms with E-state index in [4.69, 9.17) is 0 Å². The molecule has 3 atom stereocenters. The summed E-state index contributed by atoms with van der Waals surface area (Å²) in [6.45, 7) is 5.38. The molecule has 3 unspecified atom stereocenters. The lowest BCUT2D eigenvalue weighted by atomic mass is 9.80. The van der Waals surface area contributed by atoms with Crippen molar-refractivity contribution >= 4 is 21.6 Å². The smallest absolute Gasteiger partial charge is 0.283 e. The topological polar surface area (TPSA) is 46.9 Å². The minimum atomic E-state index is -0.0104. The van der Waals surface area contributed by atoms with Crippen LogP contribution in [0.1, 0.15) is 46.0 Å². The fourth-order valence-corrected chi connectivity index (χ4v) is 3.74. The molecule has 116 valence electrons. The van der Waals surface area contributed by atoms with Crippen molar-refractivity contribution in [3.63, 3.8) is 0 Å². The molecule has 0 bridgehead atoms. The van der Waals surface area contributed by atoms with E-state index in [0.717, 1.165) is 18.2 Å². The van der Waals surface area contributed by atoms with Gasteiger partial charge in [-0.3, -0.25) is 4.79 Å². The summed E-state index contributed by atoms with van der Waals surface area (Å²) in [5.74, 6) is 2.10. The number of hydrogen-bond acceptors (Lipinski definition) is 3. The van der Waals surface area contributed by atoms with E-state index in [0.29, 0.717) is 22.4 Å². The Morgan fingerprint density at radius 3 is 2.76 bits per heavy atom. The van der Waals surface area contributed by atoms with Crippen molar-refractivity contribution in [1.29, 1.82) is 0 Å². The van der Waals surface area contributed by atoms with Crippen molar-refractivity contribution in [2.75, 3.05) is 5.32 Å². The van der Waals surface area contributed by atoms with Gasteiger partial charge in [0.1, 0.15) is 4.47 Å². The van der Waals surface area contributed by atoms with E-state index in [9.17, 15) is 4.79 Å². The molecule has 1 aromatic rings. The summed E-state index contributed by atoms with van der Waals surface area (Å²) in [5.41, 5.74) is 0.835. The van der Waals surface area contributed by atoms with Gasteiger partial charge in [-0.1, -0.05) is 13.8 Å². The summed E-state index contributed by atoms with van der Waals surface area (Å²) in [6, 6.07) is 0.443. The number of aromatic nitrogens is 2. The van der Waals surface area contributed by atoms with Crippen LogP contribution in [0.5, 0.6) is 0 Å². The Hall–Kier alpha value is -0.840. The molecule has 2 saturated carbocycles. The first-order valence-electron chi connectivity index (χ1n) is 8.06. The van der Waals surface area contributed by atoms with Gasteiger partial charge in [0.25, 0.3) is 5.56 Å². The molecule has 0 amide bonds. The molecule has 2 aliphatic carbocycles. The Morgan fingerprint density at radius 1 is 1.33 bits per heavy atom. The van der Waals surface area contributed by atoms with Crippen molar-refractivity contribution in [1.82, 2.24) is 9.78 Å². The predicted molar refractivity (Wildman–Crippen MR) is 88.5 cm³/mol. The quantitative estimate of drug-likeness (QED) is 0.898. The van der Waals surface area contributed by atoms with Crippen LogP contribution in [0.3, 0.4) is 0 Å². The molecule has 21 heavy (non-hydrogen) atoms. The average Bonchev–Trinajstić information content (AvgIpc) is 3.25. The highest BCUT2D eigenvalue weighted by molar-refractivity contribution is 9.10. The molecule has 0 aromatic carbocycles. The van der Waals surface area contributed by atoms with Crippen LogP contribution in [0.15, 0.2) is 15.5 Å². The molecule has 0 saturated heterocycles. The fraction of sp³-hybridized carbons (Fsp3) is 0.750.